The molecule has 254 valence electrons. The van der Waals surface area contributed by atoms with Crippen LogP contribution in [0.2, 0.25) is 5.02 Å². The van der Waals surface area contributed by atoms with Crippen molar-refractivity contribution in [2.45, 2.75) is 70.5 Å². The number of nitrogens with one attached hydrogen (secondary N) is 1. The van der Waals surface area contributed by atoms with Crippen LogP contribution in [0.25, 0.3) is 0 Å². The summed E-state index contributed by atoms with van der Waals surface area (Å²) in [5.41, 5.74) is 9.64. The number of urea groups is 1. The molecule has 2 aromatic rings. The quantitative estimate of drug-likeness (QED) is 0.401. The van der Waals surface area contributed by atoms with E-state index in [1.807, 2.05) is 45.2 Å². The minimum Gasteiger partial charge on any atom is -0.397 e. The Kier molecular flexibility index (Phi) is 9.69. The maximum absolute atomic E-state index is 14.2. The van der Waals surface area contributed by atoms with E-state index in [1.165, 1.54) is 30.8 Å². The number of nitrogens with zero attached hydrogens (tertiary/aromatic N) is 5. The number of piperidine rings is 4. The van der Waals surface area contributed by atoms with Crippen molar-refractivity contribution in [2.24, 2.45) is 11.8 Å². The standard InChI is InChI=1S/C35H48ClN7O3S/c1-2-24-17-23(19-28(36)33(24)37)18-26(34(45)42-14-12-40(13-15-42)30-21-39-8-3-25(30)4-9-39)20-32(44)41-10-5-27(6-11-41)43-22-31-29(7-16-47-31)38-35(43)46/h7,16-17,19,25-27,30H,2-6,8-15,18,20-22,37H2,1H3,(H,38,46)/t26-,30?/m0/s1. The van der Waals surface area contributed by atoms with E-state index >= 15 is 0 Å². The van der Waals surface area contributed by atoms with Crippen LogP contribution in [0.5, 0.6) is 0 Å². The normalized spacial score (nSPS) is 25.9. The molecule has 7 heterocycles. The number of anilines is 2. The lowest BCUT2D eigenvalue weighted by atomic mass is 9.83. The second-order valence-corrected chi connectivity index (χ2v) is 15.5. The summed E-state index contributed by atoms with van der Waals surface area (Å²) in [6.07, 6.45) is 5.39. The minimum atomic E-state index is -0.474. The Bertz CT molecular complexity index is 1480. The summed E-state index contributed by atoms with van der Waals surface area (Å²) >= 11 is 8.19. The molecule has 0 aliphatic carbocycles. The number of benzene rings is 1. The van der Waals surface area contributed by atoms with E-state index in [2.05, 4.69) is 15.1 Å². The zero-order valence-electron chi connectivity index (χ0n) is 27.5. The molecule has 8 rings (SSSR count). The number of amides is 4. The lowest BCUT2D eigenvalue weighted by molar-refractivity contribution is -0.143. The van der Waals surface area contributed by atoms with Crippen molar-refractivity contribution in [1.29, 1.82) is 0 Å². The predicted octanol–water partition coefficient (Wildman–Crippen LogP) is 4.37. The van der Waals surface area contributed by atoms with Gasteiger partial charge in [-0.2, -0.15) is 0 Å². The van der Waals surface area contributed by atoms with Gasteiger partial charge in [0.1, 0.15) is 0 Å². The zero-order valence-corrected chi connectivity index (χ0v) is 29.0. The summed E-state index contributed by atoms with van der Waals surface area (Å²) in [5.74, 6) is 0.369. The van der Waals surface area contributed by atoms with E-state index in [0.717, 1.165) is 61.6 Å². The molecule has 4 amide bonds. The molecule has 10 nitrogen and oxygen atoms in total. The van der Waals surface area contributed by atoms with E-state index in [0.29, 0.717) is 55.9 Å². The largest absolute Gasteiger partial charge is 0.397 e. The summed E-state index contributed by atoms with van der Waals surface area (Å²) in [6, 6.07) is 6.49. The summed E-state index contributed by atoms with van der Waals surface area (Å²) in [4.78, 5) is 53.1. The summed E-state index contributed by atoms with van der Waals surface area (Å²) in [7, 11) is 0. The van der Waals surface area contributed by atoms with Gasteiger partial charge in [-0.05, 0) is 86.2 Å². The Hall–Kier alpha value is -2.86. The Morgan fingerprint density at radius 1 is 1.02 bits per heavy atom. The number of nitrogen functional groups attached to an aromatic ring is 1. The third-order valence-electron chi connectivity index (χ3n) is 11.4. The highest BCUT2D eigenvalue weighted by molar-refractivity contribution is 7.10. The summed E-state index contributed by atoms with van der Waals surface area (Å²) in [6.45, 7) is 10.6. The van der Waals surface area contributed by atoms with Crippen molar-refractivity contribution in [1.82, 2.24) is 24.5 Å². The molecule has 1 unspecified atom stereocenters. The van der Waals surface area contributed by atoms with Gasteiger partial charge in [-0.3, -0.25) is 14.5 Å². The van der Waals surface area contributed by atoms with Gasteiger partial charge in [0.05, 0.1) is 28.9 Å². The Labute approximate surface area is 287 Å². The van der Waals surface area contributed by atoms with E-state index in [-0.39, 0.29) is 30.3 Å². The molecule has 6 aliphatic heterocycles. The molecule has 2 atom stereocenters. The highest BCUT2D eigenvalue weighted by atomic mass is 35.5. The number of likely N-dealkylation sites (tertiary alicyclic amines) is 1. The number of piperazine rings is 1. The second kappa shape index (κ2) is 13.9. The van der Waals surface area contributed by atoms with Crippen LogP contribution in [-0.4, -0.2) is 113 Å². The van der Waals surface area contributed by atoms with Crippen LogP contribution in [0.3, 0.4) is 0 Å². The highest BCUT2D eigenvalue weighted by Crippen LogP contribution is 2.34. The molecule has 6 aliphatic rings. The third-order valence-corrected chi connectivity index (χ3v) is 12.7. The molecule has 0 saturated carbocycles. The number of hydrogen-bond acceptors (Lipinski definition) is 7. The van der Waals surface area contributed by atoms with Gasteiger partial charge in [0.15, 0.2) is 0 Å². The molecular formula is C35H48ClN7O3S. The third kappa shape index (κ3) is 6.86. The van der Waals surface area contributed by atoms with Crippen LogP contribution in [0.1, 0.15) is 55.0 Å². The van der Waals surface area contributed by atoms with Gasteiger partial charge >= 0.3 is 6.03 Å². The van der Waals surface area contributed by atoms with Crippen molar-refractivity contribution in [3.05, 3.63) is 44.6 Å². The number of hydrogen-bond donors (Lipinski definition) is 2. The monoisotopic (exact) mass is 681 g/mol. The average molecular weight is 682 g/mol. The van der Waals surface area contributed by atoms with Crippen molar-refractivity contribution < 1.29 is 14.4 Å². The Morgan fingerprint density at radius 3 is 2.45 bits per heavy atom. The number of rotatable bonds is 8. The van der Waals surface area contributed by atoms with Crippen molar-refractivity contribution in [3.8, 4) is 0 Å². The van der Waals surface area contributed by atoms with Gasteiger partial charge in [-0.15, -0.1) is 11.3 Å². The molecule has 3 N–H and O–H groups in total. The summed E-state index contributed by atoms with van der Waals surface area (Å²) in [5, 5.41) is 5.52. The van der Waals surface area contributed by atoms with Crippen LogP contribution in [0.15, 0.2) is 23.6 Å². The number of carbonyl (C=O) groups excluding carboxylic acids is 3. The molecule has 5 saturated heterocycles. The van der Waals surface area contributed by atoms with Crippen LogP contribution < -0.4 is 11.1 Å². The van der Waals surface area contributed by atoms with E-state index in [4.69, 9.17) is 17.3 Å². The van der Waals surface area contributed by atoms with Gasteiger partial charge in [0, 0.05) is 69.2 Å². The SMILES string of the molecule is CCc1cc(C[C@@H](CC(=O)N2CCC(N3Cc4sccc4NC3=O)CC2)C(=O)N2CCN(C3CN4CCC3CC4)CC2)cc(Cl)c1N. The molecular weight excluding hydrogens is 634 g/mol. The number of halogens is 1. The maximum atomic E-state index is 14.2. The van der Waals surface area contributed by atoms with Crippen molar-refractivity contribution in [3.63, 3.8) is 0 Å². The molecule has 12 heteroatoms. The molecule has 1 aromatic heterocycles. The van der Waals surface area contributed by atoms with E-state index in [9.17, 15) is 14.4 Å². The number of fused-ring (bicyclic) bond motifs is 4. The average Bonchev–Trinajstić information content (AvgIpc) is 3.56. The van der Waals surface area contributed by atoms with Crippen molar-refractivity contribution >= 4 is 52.2 Å². The Morgan fingerprint density at radius 2 is 1.77 bits per heavy atom. The van der Waals surface area contributed by atoms with Gasteiger partial charge in [0.2, 0.25) is 11.8 Å². The molecule has 0 spiro atoms. The number of aryl methyl sites for hydroxylation is 1. The number of thiophene rings is 1. The zero-order chi connectivity index (χ0) is 32.7. The van der Waals surface area contributed by atoms with Gasteiger partial charge in [-0.1, -0.05) is 24.6 Å². The highest BCUT2D eigenvalue weighted by Gasteiger charge is 2.40. The number of nitrogens with two attached hydrogens (primary N) is 1. The van der Waals surface area contributed by atoms with Crippen LogP contribution >= 0.6 is 22.9 Å². The fourth-order valence-electron chi connectivity index (χ4n) is 8.61. The summed E-state index contributed by atoms with van der Waals surface area (Å²) < 4.78 is 0. The van der Waals surface area contributed by atoms with Crippen LogP contribution in [0.4, 0.5) is 16.2 Å². The van der Waals surface area contributed by atoms with Crippen LogP contribution in [-0.2, 0) is 29.0 Å². The molecule has 5 fully saturated rings. The first-order valence-corrected chi connectivity index (χ1v) is 18.8. The first kappa shape index (κ1) is 32.7. The predicted molar refractivity (Wildman–Crippen MR) is 187 cm³/mol. The minimum absolute atomic E-state index is 0.00797. The topological polar surface area (TPSA) is 105 Å². The smallest absolute Gasteiger partial charge is 0.322 e. The fourth-order valence-corrected chi connectivity index (χ4v) is 9.70. The lowest BCUT2D eigenvalue weighted by Crippen LogP contribution is -2.61. The first-order valence-electron chi connectivity index (χ1n) is 17.5. The van der Waals surface area contributed by atoms with E-state index in [1.54, 1.807) is 11.3 Å². The molecule has 0 radical (unpaired) electrons. The Balaban J connectivity index is 1.00. The van der Waals surface area contributed by atoms with Gasteiger partial charge < -0.3 is 30.7 Å². The molecule has 47 heavy (non-hydrogen) atoms. The van der Waals surface area contributed by atoms with Crippen molar-refractivity contribution in [2.75, 3.05) is 70.0 Å². The van der Waals surface area contributed by atoms with Gasteiger partial charge in [-0.25, -0.2) is 4.79 Å². The van der Waals surface area contributed by atoms with E-state index < -0.39 is 5.92 Å². The lowest BCUT2D eigenvalue weighted by Gasteiger charge is -2.51. The molecule has 1 aromatic carbocycles. The fraction of sp³-hybridized carbons (Fsp3) is 0.629. The molecule has 2 bridgehead atoms. The second-order valence-electron chi connectivity index (χ2n) is 14.1. The first-order chi connectivity index (χ1) is 22.8. The maximum Gasteiger partial charge on any atom is 0.322 e. The van der Waals surface area contributed by atoms with Gasteiger partial charge in [0.25, 0.3) is 0 Å². The number of carbonyl (C=O) groups is 3. The van der Waals surface area contributed by atoms with Crippen LogP contribution in [0, 0.1) is 11.8 Å².